The van der Waals surface area contributed by atoms with Gasteiger partial charge < -0.3 is 4.74 Å². The summed E-state index contributed by atoms with van der Waals surface area (Å²) in [5.74, 6) is -0.561. The van der Waals surface area contributed by atoms with Gasteiger partial charge in [-0.3, -0.25) is 14.6 Å². The molecule has 0 saturated heterocycles. The number of esters is 1. The van der Waals surface area contributed by atoms with Gasteiger partial charge in [0.15, 0.2) is 5.78 Å². The highest BCUT2D eigenvalue weighted by molar-refractivity contribution is 8.93. The number of hydrogen-bond donors (Lipinski definition) is 0. The Morgan fingerprint density at radius 2 is 2.35 bits per heavy atom. The van der Waals surface area contributed by atoms with E-state index in [9.17, 15) is 9.59 Å². The van der Waals surface area contributed by atoms with Crippen LogP contribution in [0.15, 0.2) is 18.3 Å². The van der Waals surface area contributed by atoms with Gasteiger partial charge >= 0.3 is 5.97 Å². The van der Waals surface area contributed by atoms with E-state index < -0.39 is 0 Å². The zero-order valence-corrected chi connectivity index (χ0v) is 11.2. The second-order valence-electron chi connectivity index (χ2n) is 3.88. The average molecular weight is 300 g/mol. The molecule has 0 fully saturated rings. The predicted molar refractivity (Wildman–Crippen MR) is 67.3 cm³/mol. The molecule has 17 heavy (non-hydrogen) atoms. The Kier molecular flexibility index (Phi) is 4.81. The number of methoxy groups -OCH3 is 1. The Balaban J connectivity index is 0.00000144. The highest BCUT2D eigenvalue weighted by Gasteiger charge is 2.29. The maximum atomic E-state index is 12.0. The van der Waals surface area contributed by atoms with E-state index in [1.54, 1.807) is 18.3 Å². The van der Waals surface area contributed by atoms with Crippen molar-refractivity contribution in [3.05, 3.63) is 29.6 Å². The van der Waals surface area contributed by atoms with Crippen LogP contribution < -0.4 is 0 Å². The van der Waals surface area contributed by atoms with Gasteiger partial charge in [-0.2, -0.15) is 0 Å². The molecule has 0 radical (unpaired) electrons. The lowest BCUT2D eigenvalue weighted by molar-refractivity contribution is -0.141. The van der Waals surface area contributed by atoms with Crippen molar-refractivity contribution in [3.8, 4) is 0 Å². The molecule has 0 spiro atoms. The maximum absolute atomic E-state index is 12.0. The minimum absolute atomic E-state index is 0. The molecular weight excluding hydrogens is 286 g/mol. The van der Waals surface area contributed by atoms with E-state index in [0.29, 0.717) is 12.0 Å². The highest BCUT2D eigenvalue weighted by atomic mass is 79.9. The molecule has 0 saturated carbocycles. The molecule has 1 atom stereocenters. The van der Waals surface area contributed by atoms with E-state index in [1.807, 2.05) is 0 Å². The van der Waals surface area contributed by atoms with Crippen molar-refractivity contribution in [2.24, 2.45) is 5.92 Å². The number of fused-ring (bicyclic) bond motifs is 1. The lowest BCUT2D eigenvalue weighted by Crippen LogP contribution is -2.26. The van der Waals surface area contributed by atoms with Crippen LogP contribution in [0.2, 0.25) is 0 Å². The third-order valence-electron chi connectivity index (χ3n) is 2.90. The molecule has 92 valence electrons. The van der Waals surface area contributed by atoms with Gasteiger partial charge in [-0.15, -0.1) is 17.0 Å². The van der Waals surface area contributed by atoms with Crippen LogP contribution >= 0.6 is 17.0 Å². The van der Waals surface area contributed by atoms with Gasteiger partial charge in [-0.25, -0.2) is 0 Å². The molecule has 1 aliphatic rings. The summed E-state index contributed by atoms with van der Waals surface area (Å²) < 4.78 is 4.58. The van der Waals surface area contributed by atoms with Crippen molar-refractivity contribution in [1.29, 1.82) is 0 Å². The van der Waals surface area contributed by atoms with Crippen molar-refractivity contribution < 1.29 is 14.3 Å². The number of aryl methyl sites for hydroxylation is 1. The van der Waals surface area contributed by atoms with Gasteiger partial charge in [0.2, 0.25) is 0 Å². The number of pyridine rings is 1. The van der Waals surface area contributed by atoms with Crippen LogP contribution in [0.4, 0.5) is 0 Å². The summed E-state index contributed by atoms with van der Waals surface area (Å²) in [5.41, 5.74) is 1.50. The average Bonchev–Trinajstić information content (AvgIpc) is 2.33. The van der Waals surface area contributed by atoms with Crippen LogP contribution in [0.1, 0.15) is 28.9 Å². The Hall–Kier alpha value is -1.23. The number of nitrogens with zero attached hydrogens (tertiary/aromatic N) is 1. The first-order valence-corrected chi connectivity index (χ1v) is 5.27. The van der Waals surface area contributed by atoms with E-state index in [4.69, 9.17) is 0 Å². The van der Waals surface area contributed by atoms with E-state index in [2.05, 4.69) is 9.72 Å². The summed E-state index contributed by atoms with van der Waals surface area (Å²) in [6, 6.07) is 3.52. The minimum atomic E-state index is -0.328. The van der Waals surface area contributed by atoms with Gasteiger partial charge in [0.1, 0.15) is 0 Å². The molecule has 1 heterocycles. The summed E-state index contributed by atoms with van der Waals surface area (Å²) in [4.78, 5) is 27.3. The SMILES string of the molecule is Br.COC(=O)CC1CCc2ncccc2C1=O. The normalized spacial score (nSPS) is 17.9. The number of ether oxygens (including phenoxy) is 1. The molecule has 1 unspecified atom stereocenters. The molecule has 0 aromatic carbocycles. The number of aromatic nitrogens is 1. The van der Waals surface area contributed by atoms with Crippen LogP contribution in [-0.2, 0) is 16.0 Å². The molecule has 0 bridgehead atoms. The molecule has 1 aliphatic carbocycles. The number of Topliss-reactive ketones (excluding diaryl/α,β-unsaturated/α-hetero) is 1. The zero-order chi connectivity index (χ0) is 11.5. The number of ketones is 1. The van der Waals surface area contributed by atoms with Gasteiger partial charge in [-0.1, -0.05) is 0 Å². The van der Waals surface area contributed by atoms with Gasteiger partial charge in [-0.05, 0) is 25.0 Å². The molecule has 0 N–H and O–H groups in total. The predicted octanol–water partition coefficient (Wildman–Crippen LogP) is 1.97. The number of carbonyl (C=O) groups excluding carboxylic acids is 2. The van der Waals surface area contributed by atoms with E-state index >= 15 is 0 Å². The van der Waals surface area contributed by atoms with Crippen molar-refractivity contribution in [2.75, 3.05) is 7.11 Å². The molecule has 4 nitrogen and oxygen atoms in total. The largest absolute Gasteiger partial charge is 0.469 e. The van der Waals surface area contributed by atoms with Crippen LogP contribution in [0, 0.1) is 5.92 Å². The smallest absolute Gasteiger partial charge is 0.306 e. The summed E-state index contributed by atoms with van der Waals surface area (Å²) in [6.45, 7) is 0. The number of halogens is 1. The molecule has 0 aliphatic heterocycles. The van der Waals surface area contributed by atoms with E-state index in [-0.39, 0.29) is 41.1 Å². The zero-order valence-electron chi connectivity index (χ0n) is 9.51. The fourth-order valence-corrected chi connectivity index (χ4v) is 2.00. The fraction of sp³-hybridized carbons (Fsp3) is 0.417. The second kappa shape index (κ2) is 5.91. The molecule has 2 rings (SSSR count). The molecule has 0 amide bonds. The second-order valence-corrected chi connectivity index (χ2v) is 3.88. The van der Waals surface area contributed by atoms with Crippen LogP contribution in [0.25, 0.3) is 0 Å². The topological polar surface area (TPSA) is 56.3 Å². The first kappa shape index (κ1) is 13.8. The maximum Gasteiger partial charge on any atom is 0.306 e. The molecule has 1 aromatic rings. The number of carbonyl (C=O) groups is 2. The van der Waals surface area contributed by atoms with Gasteiger partial charge in [0.25, 0.3) is 0 Å². The van der Waals surface area contributed by atoms with Crippen LogP contribution in [0.5, 0.6) is 0 Å². The van der Waals surface area contributed by atoms with E-state index in [1.165, 1.54) is 7.11 Å². The lowest BCUT2D eigenvalue weighted by atomic mass is 9.83. The number of hydrogen-bond acceptors (Lipinski definition) is 4. The summed E-state index contributed by atoms with van der Waals surface area (Å²) in [5, 5.41) is 0. The monoisotopic (exact) mass is 299 g/mol. The van der Waals surface area contributed by atoms with Gasteiger partial charge in [0, 0.05) is 17.7 Å². The standard InChI is InChI=1S/C12H13NO3.BrH/c1-16-11(14)7-8-4-5-10-9(12(8)15)3-2-6-13-10;/h2-3,6,8H,4-5,7H2,1H3;1H. The van der Waals surface area contributed by atoms with Gasteiger partial charge in [0.05, 0.1) is 19.2 Å². The summed E-state index contributed by atoms with van der Waals surface area (Å²) >= 11 is 0. The van der Waals surface area contributed by atoms with Crippen LogP contribution in [0.3, 0.4) is 0 Å². The summed E-state index contributed by atoms with van der Waals surface area (Å²) in [7, 11) is 1.34. The van der Waals surface area contributed by atoms with Crippen LogP contribution in [-0.4, -0.2) is 23.8 Å². The lowest BCUT2D eigenvalue weighted by Gasteiger charge is -2.21. The quantitative estimate of drug-likeness (QED) is 0.784. The Labute approximate surface area is 110 Å². The third-order valence-corrected chi connectivity index (χ3v) is 2.90. The Bertz CT molecular complexity index is 434. The molecule has 5 heteroatoms. The summed E-state index contributed by atoms with van der Waals surface area (Å²) in [6.07, 6.45) is 3.29. The first-order chi connectivity index (χ1) is 7.72. The Morgan fingerprint density at radius 1 is 1.59 bits per heavy atom. The van der Waals surface area contributed by atoms with Crippen molar-refractivity contribution in [2.45, 2.75) is 19.3 Å². The van der Waals surface area contributed by atoms with E-state index in [0.717, 1.165) is 12.1 Å². The Morgan fingerprint density at radius 3 is 3.06 bits per heavy atom. The molecular formula is C12H14BrNO3. The highest BCUT2D eigenvalue weighted by Crippen LogP contribution is 2.26. The van der Waals surface area contributed by atoms with Crippen molar-refractivity contribution in [1.82, 2.24) is 4.98 Å². The van der Waals surface area contributed by atoms with Crippen molar-refractivity contribution >= 4 is 28.7 Å². The minimum Gasteiger partial charge on any atom is -0.469 e. The third kappa shape index (κ3) is 2.91. The molecule has 1 aromatic heterocycles. The first-order valence-electron chi connectivity index (χ1n) is 5.27. The van der Waals surface area contributed by atoms with Crippen molar-refractivity contribution in [3.63, 3.8) is 0 Å². The fourth-order valence-electron chi connectivity index (χ4n) is 2.00. The number of rotatable bonds is 2.